The molecule has 1 aliphatic carbocycles. The van der Waals surface area contributed by atoms with Crippen molar-refractivity contribution in [1.82, 2.24) is 0 Å². The summed E-state index contributed by atoms with van der Waals surface area (Å²) in [6.07, 6.45) is -6.49. The Bertz CT molecular complexity index is 350. The van der Waals surface area contributed by atoms with Gasteiger partial charge in [0, 0.05) is 0 Å². The van der Waals surface area contributed by atoms with Gasteiger partial charge in [-0.25, -0.2) is 0 Å². The molecule has 1 N–H and O–H groups in total. The SMILES string of the molecule is OC1=C(C(F)(F)C(F)(F)F)C(F)(F)C1(F)F. The van der Waals surface area contributed by atoms with Crippen LogP contribution in [0.3, 0.4) is 0 Å². The lowest BCUT2D eigenvalue weighted by Gasteiger charge is -2.40. The normalized spacial score (nSPS) is 24.3. The molecular weight excluding hydrogens is 259 g/mol. The molecule has 1 nitrogen and oxygen atoms in total. The first-order chi connectivity index (χ1) is 6.78. The summed E-state index contributed by atoms with van der Waals surface area (Å²) in [7, 11) is 0. The molecule has 0 aliphatic heterocycles. The maximum atomic E-state index is 12.3. The van der Waals surface area contributed by atoms with E-state index < -0.39 is 35.3 Å². The molecule has 0 spiro atoms. The predicted octanol–water partition coefficient (Wildman–Crippen LogP) is 3.28. The van der Waals surface area contributed by atoms with Gasteiger partial charge in [-0.3, -0.25) is 0 Å². The quantitative estimate of drug-likeness (QED) is 0.717. The van der Waals surface area contributed by atoms with E-state index in [0.717, 1.165) is 0 Å². The lowest BCUT2D eigenvalue weighted by atomic mass is 9.82. The summed E-state index contributed by atoms with van der Waals surface area (Å²) < 4.78 is 108. The number of hydrogen-bond donors (Lipinski definition) is 1. The van der Waals surface area contributed by atoms with Crippen molar-refractivity contribution in [2.24, 2.45) is 0 Å². The molecule has 0 bridgehead atoms. The largest absolute Gasteiger partial charge is 0.506 e. The molecule has 0 aromatic heterocycles. The monoisotopic (exact) mass is 260 g/mol. The van der Waals surface area contributed by atoms with Crippen LogP contribution in [0.15, 0.2) is 11.3 Å². The van der Waals surface area contributed by atoms with Crippen molar-refractivity contribution in [3.05, 3.63) is 11.3 Å². The molecule has 0 radical (unpaired) electrons. The van der Waals surface area contributed by atoms with Crippen molar-refractivity contribution in [1.29, 1.82) is 0 Å². The Morgan fingerprint density at radius 3 is 1.44 bits per heavy atom. The Labute approximate surface area is 81.2 Å². The van der Waals surface area contributed by atoms with Crippen molar-refractivity contribution in [3.8, 4) is 0 Å². The standard InChI is InChI=1S/C6HF9O/c7-3(8)1(2(16)5(3,11)12)4(9,10)6(13,14)15/h16H. The van der Waals surface area contributed by atoms with Gasteiger partial charge in [-0.15, -0.1) is 0 Å². The Balaban J connectivity index is 3.34. The molecule has 0 unspecified atom stereocenters. The van der Waals surface area contributed by atoms with Crippen LogP contribution in [0.2, 0.25) is 0 Å². The van der Waals surface area contributed by atoms with Crippen molar-refractivity contribution in [3.63, 3.8) is 0 Å². The minimum absolute atomic E-state index is 2.94. The average Bonchev–Trinajstić information content (AvgIpc) is 2.00. The van der Waals surface area contributed by atoms with Crippen molar-refractivity contribution in [2.45, 2.75) is 23.9 Å². The number of hydrogen-bond acceptors (Lipinski definition) is 1. The van der Waals surface area contributed by atoms with E-state index in [1.807, 2.05) is 0 Å². The van der Waals surface area contributed by atoms with Gasteiger partial charge in [-0.05, 0) is 0 Å². The molecule has 1 aliphatic rings. The number of alkyl halides is 9. The average molecular weight is 260 g/mol. The minimum atomic E-state index is -6.49. The van der Waals surface area contributed by atoms with Gasteiger partial charge < -0.3 is 5.11 Å². The van der Waals surface area contributed by atoms with E-state index in [1.54, 1.807) is 0 Å². The van der Waals surface area contributed by atoms with Crippen LogP contribution in [-0.4, -0.2) is 29.1 Å². The third-order valence-electron chi connectivity index (χ3n) is 1.91. The molecule has 0 atom stereocenters. The molecule has 0 heterocycles. The Morgan fingerprint density at radius 1 is 0.812 bits per heavy atom. The molecule has 1 rings (SSSR count). The summed E-state index contributed by atoms with van der Waals surface area (Å²) in [4.78, 5) is 0. The van der Waals surface area contributed by atoms with E-state index in [-0.39, 0.29) is 0 Å². The fourth-order valence-electron chi connectivity index (χ4n) is 1.04. The maximum absolute atomic E-state index is 12.3. The number of aliphatic hydroxyl groups excluding tert-OH is 1. The smallest absolute Gasteiger partial charge is 0.458 e. The van der Waals surface area contributed by atoms with E-state index in [4.69, 9.17) is 5.11 Å². The molecule has 0 aromatic carbocycles. The zero-order valence-electron chi connectivity index (χ0n) is 6.85. The number of rotatable bonds is 1. The summed E-state index contributed by atoms with van der Waals surface area (Å²) in [5, 5.41) is 8.14. The van der Waals surface area contributed by atoms with Gasteiger partial charge >= 0.3 is 23.9 Å². The topological polar surface area (TPSA) is 20.2 Å². The molecular formula is C6HF9O. The lowest BCUT2D eigenvalue weighted by Crippen LogP contribution is -2.61. The van der Waals surface area contributed by atoms with Gasteiger partial charge in [0.2, 0.25) is 0 Å². The van der Waals surface area contributed by atoms with Crippen LogP contribution in [0.1, 0.15) is 0 Å². The second-order valence-electron chi connectivity index (χ2n) is 2.94. The highest BCUT2D eigenvalue weighted by atomic mass is 19.4. The highest BCUT2D eigenvalue weighted by Crippen LogP contribution is 2.61. The van der Waals surface area contributed by atoms with Gasteiger partial charge in [0.25, 0.3) is 0 Å². The first-order valence-electron chi connectivity index (χ1n) is 3.42. The minimum Gasteiger partial charge on any atom is -0.506 e. The summed E-state index contributed by atoms with van der Waals surface area (Å²) in [6, 6.07) is 0. The van der Waals surface area contributed by atoms with Crippen LogP contribution in [0, 0.1) is 0 Å². The first-order valence-corrected chi connectivity index (χ1v) is 3.42. The first kappa shape index (κ1) is 13.0. The molecule has 0 saturated heterocycles. The zero-order valence-corrected chi connectivity index (χ0v) is 6.85. The van der Waals surface area contributed by atoms with E-state index >= 15 is 0 Å². The van der Waals surface area contributed by atoms with Crippen LogP contribution < -0.4 is 0 Å². The van der Waals surface area contributed by atoms with Gasteiger partial charge in [0.05, 0.1) is 0 Å². The molecule has 16 heavy (non-hydrogen) atoms. The molecule has 10 heteroatoms. The van der Waals surface area contributed by atoms with Crippen molar-refractivity contribution in [2.75, 3.05) is 0 Å². The molecule has 0 amide bonds. The molecule has 94 valence electrons. The second kappa shape index (κ2) is 2.77. The molecule has 0 aromatic rings. The van der Waals surface area contributed by atoms with E-state index in [9.17, 15) is 39.5 Å². The zero-order chi connectivity index (χ0) is 13.2. The summed E-state index contributed by atoms with van der Waals surface area (Å²) in [6.45, 7) is 0. The maximum Gasteiger partial charge on any atom is 0.458 e. The summed E-state index contributed by atoms with van der Waals surface area (Å²) in [5.41, 5.74) is -3.31. The Hall–Kier alpha value is -1.09. The molecule has 0 saturated carbocycles. The van der Waals surface area contributed by atoms with Crippen LogP contribution in [0.25, 0.3) is 0 Å². The Morgan fingerprint density at radius 2 is 1.19 bits per heavy atom. The summed E-state index contributed by atoms with van der Waals surface area (Å²) in [5.74, 6) is -20.3. The van der Waals surface area contributed by atoms with Gasteiger partial charge in [-0.2, -0.15) is 39.5 Å². The van der Waals surface area contributed by atoms with Crippen LogP contribution in [-0.2, 0) is 0 Å². The second-order valence-corrected chi connectivity index (χ2v) is 2.94. The van der Waals surface area contributed by atoms with Crippen LogP contribution >= 0.6 is 0 Å². The fourth-order valence-corrected chi connectivity index (χ4v) is 1.04. The summed E-state index contributed by atoms with van der Waals surface area (Å²) >= 11 is 0. The van der Waals surface area contributed by atoms with Gasteiger partial charge in [0.1, 0.15) is 5.57 Å². The fraction of sp³-hybridized carbons (Fsp3) is 0.667. The third-order valence-corrected chi connectivity index (χ3v) is 1.91. The van der Waals surface area contributed by atoms with Gasteiger partial charge in [0.15, 0.2) is 5.76 Å². The number of halogens is 9. The highest BCUT2D eigenvalue weighted by molar-refractivity contribution is 5.44. The lowest BCUT2D eigenvalue weighted by molar-refractivity contribution is -0.303. The van der Waals surface area contributed by atoms with E-state index in [0.29, 0.717) is 0 Å². The highest BCUT2D eigenvalue weighted by Gasteiger charge is 2.82. The third kappa shape index (κ3) is 1.21. The van der Waals surface area contributed by atoms with Crippen LogP contribution in [0.4, 0.5) is 39.5 Å². The van der Waals surface area contributed by atoms with E-state index in [2.05, 4.69) is 0 Å². The number of allylic oxidation sites excluding steroid dienone is 2. The molecule has 0 fully saturated rings. The van der Waals surface area contributed by atoms with E-state index in [1.165, 1.54) is 0 Å². The van der Waals surface area contributed by atoms with Gasteiger partial charge in [-0.1, -0.05) is 0 Å². The predicted molar refractivity (Wildman–Crippen MR) is 30.6 cm³/mol. The Kier molecular flexibility index (Phi) is 2.25. The number of aliphatic hydroxyl groups is 1. The van der Waals surface area contributed by atoms with Crippen LogP contribution in [0.5, 0.6) is 0 Å². The van der Waals surface area contributed by atoms with Crippen molar-refractivity contribution < 1.29 is 44.6 Å². The van der Waals surface area contributed by atoms with Crippen molar-refractivity contribution >= 4 is 0 Å².